The number of pyridine rings is 1. The summed E-state index contributed by atoms with van der Waals surface area (Å²) >= 11 is 7.53. The number of likely N-dealkylation sites (tertiary alicyclic amines) is 1. The third-order valence-corrected chi connectivity index (χ3v) is 5.27. The maximum atomic E-state index is 12.7. The zero-order chi connectivity index (χ0) is 16.1. The van der Waals surface area contributed by atoms with Crippen LogP contribution in [0.15, 0.2) is 30.5 Å². The number of hydrogen-bond donors (Lipinski definition) is 1. The quantitative estimate of drug-likeness (QED) is 0.884. The molecule has 2 aromatic heterocycles. The molecule has 0 spiro atoms. The van der Waals surface area contributed by atoms with Gasteiger partial charge >= 0.3 is 0 Å². The lowest BCUT2D eigenvalue weighted by molar-refractivity contribution is 0.0725. The molecule has 0 atom stereocenters. The van der Waals surface area contributed by atoms with Gasteiger partial charge in [-0.2, -0.15) is 0 Å². The van der Waals surface area contributed by atoms with Gasteiger partial charge in [0.2, 0.25) is 0 Å². The minimum absolute atomic E-state index is 0.0828. The predicted octanol–water partition coefficient (Wildman–Crippen LogP) is 4.08. The number of anilines is 1. The third kappa shape index (κ3) is 4.24. The van der Waals surface area contributed by atoms with Crippen molar-refractivity contribution in [2.45, 2.75) is 25.7 Å². The molecule has 1 N–H and O–H groups in total. The summed E-state index contributed by atoms with van der Waals surface area (Å²) in [5.41, 5.74) is 0.665. The summed E-state index contributed by atoms with van der Waals surface area (Å²) < 4.78 is 0.804. The molecule has 0 saturated carbocycles. The first-order chi connectivity index (χ1) is 11.2. The summed E-state index contributed by atoms with van der Waals surface area (Å²) in [5.74, 6) is 0.755. The number of piperidine rings is 1. The number of halogens is 1. The molecule has 3 heterocycles. The fourth-order valence-electron chi connectivity index (χ4n) is 2.78. The van der Waals surface area contributed by atoms with Crippen LogP contribution in [-0.4, -0.2) is 35.4 Å². The highest BCUT2D eigenvalue weighted by Gasteiger charge is 2.21. The van der Waals surface area contributed by atoms with Crippen molar-refractivity contribution in [3.05, 3.63) is 45.2 Å². The molecular weight excluding hydrogens is 330 g/mol. The lowest BCUT2D eigenvalue weighted by Crippen LogP contribution is -2.36. The molecule has 2 aromatic rings. The van der Waals surface area contributed by atoms with Gasteiger partial charge in [-0.05, 0) is 49.9 Å². The van der Waals surface area contributed by atoms with Gasteiger partial charge in [0.05, 0.1) is 9.90 Å². The maximum absolute atomic E-state index is 12.7. The van der Waals surface area contributed by atoms with Crippen LogP contribution in [0.5, 0.6) is 0 Å². The average molecular weight is 350 g/mol. The van der Waals surface area contributed by atoms with Crippen molar-refractivity contribution in [2.24, 2.45) is 0 Å². The summed E-state index contributed by atoms with van der Waals surface area (Å²) in [6.45, 7) is 2.43. The van der Waals surface area contributed by atoms with Crippen molar-refractivity contribution in [3.8, 4) is 0 Å². The van der Waals surface area contributed by atoms with Gasteiger partial charge in [0.15, 0.2) is 0 Å². The number of nitrogens with one attached hydrogen (secondary N) is 1. The van der Waals surface area contributed by atoms with Crippen LogP contribution in [0.4, 0.5) is 5.82 Å². The molecule has 0 aliphatic carbocycles. The lowest BCUT2D eigenvalue weighted by Gasteiger charge is -2.27. The Bertz CT molecular complexity index is 667. The lowest BCUT2D eigenvalue weighted by atomic mass is 10.1. The van der Waals surface area contributed by atoms with Gasteiger partial charge in [0, 0.05) is 30.7 Å². The van der Waals surface area contributed by atoms with Gasteiger partial charge in [-0.3, -0.25) is 4.79 Å². The predicted molar refractivity (Wildman–Crippen MR) is 95.5 cm³/mol. The highest BCUT2D eigenvalue weighted by Crippen LogP contribution is 2.22. The number of thiophene rings is 1. The van der Waals surface area contributed by atoms with Crippen molar-refractivity contribution in [1.82, 2.24) is 9.88 Å². The Labute approximate surface area is 145 Å². The van der Waals surface area contributed by atoms with Gasteiger partial charge in [0.1, 0.15) is 5.82 Å². The Morgan fingerprint density at radius 3 is 2.83 bits per heavy atom. The van der Waals surface area contributed by atoms with Gasteiger partial charge in [-0.1, -0.05) is 11.6 Å². The normalized spacial score (nSPS) is 14.7. The second kappa shape index (κ2) is 7.79. The monoisotopic (exact) mass is 349 g/mol. The van der Waals surface area contributed by atoms with Crippen LogP contribution in [0.2, 0.25) is 4.34 Å². The van der Waals surface area contributed by atoms with Crippen molar-refractivity contribution in [1.29, 1.82) is 0 Å². The van der Waals surface area contributed by atoms with Crippen molar-refractivity contribution in [3.63, 3.8) is 0 Å². The first-order valence-corrected chi connectivity index (χ1v) is 9.16. The van der Waals surface area contributed by atoms with Gasteiger partial charge in [0.25, 0.3) is 5.91 Å². The van der Waals surface area contributed by atoms with Gasteiger partial charge < -0.3 is 10.2 Å². The Kier molecular flexibility index (Phi) is 5.51. The molecule has 0 aromatic carbocycles. The van der Waals surface area contributed by atoms with E-state index in [4.69, 9.17) is 11.6 Å². The summed E-state index contributed by atoms with van der Waals surface area (Å²) in [6, 6.07) is 7.62. The Hall–Kier alpha value is -1.59. The second-order valence-corrected chi connectivity index (χ2v) is 7.43. The van der Waals surface area contributed by atoms with Crippen molar-refractivity contribution >= 4 is 34.7 Å². The molecule has 122 valence electrons. The smallest absolute Gasteiger partial charge is 0.257 e. The largest absolute Gasteiger partial charge is 0.369 e. The molecule has 1 amide bonds. The molecule has 23 heavy (non-hydrogen) atoms. The summed E-state index contributed by atoms with van der Waals surface area (Å²) in [4.78, 5) is 20.2. The molecule has 1 saturated heterocycles. The van der Waals surface area contributed by atoms with Gasteiger partial charge in [-0.15, -0.1) is 11.3 Å². The molecule has 4 nitrogen and oxygen atoms in total. The molecule has 6 heteroatoms. The molecule has 0 radical (unpaired) electrons. The number of rotatable bonds is 5. The Morgan fingerprint density at radius 2 is 2.09 bits per heavy atom. The van der Waals surface area contributed by atoms with E-state index in [2.05, 4.69) is 10.3 Å². The van der Waals surface area contributed by atoms with E-state index in [1.165, 1.54) is 11.3 Å². The highest BCUT2D eigenvalue weighted by atomic mass is 35.5. The molecule has 0 bridgehead atoms. The van der Waals surface area contributed by atoms with E-state index in [1.54, 1.807) is 17.5 Å². The first-order valence-electron chi connectivity index (χ1n) is 7.96. The molecular formula is C17H20ClN3OS. The minimum atomic E-state index is 0.0828. The molecule has 3 rings (SSSR count). The fourth-order valence-corrected chi connectivity index (χ4v) is 3.86. The van der Waals surface area contributed by atoms with Crippen LogP contribution < -0.4 is 5.32 Å². The molecule has 1 aliphatic rings. The zero-order valence-electron chi connectivity index (χ0n) is 12.9. The average Bonchev–Trinajstić information content (AvgIpc) is 3.01. The van der Waals surface area contributed by atoms with E-state index < -0.39 is 0 Å². The number of carbonyl (C=O) groups excluding carboxylic acids is 1. The van der Waals surface area contributed by atoms with Crippen LogP contribution in [0, 0.1) is 0 Å². The number of amides is 1. The molecule has 1 fully saturated rings. The third-order valence-electron chi connectivity index (χ3n) is 3.97. The number of carbonyl (C=O) groups is 1. The van der Waals surface area contributed by atoms with E-state index in [1.807, 2.05) is 29.2 Å². The number of hydrogen-bond acceptors (Lipinski definition) is 4. The number of nitrogens with zero attached hydrogens (tertiary/aromatic N) is 2. The summed E-state index contributed by atoms with van der Waals surface area (Å²) in [7, 11) is 0. The van der Waals surface area contributed by atoms with E-state index in [0.29, 0.717) is 11.4 Å². The Balaban J connectivity index is 1.64. The van der Waals surface area contributed by atoms with Gasteiger partial charge in [-0.25, -0.2) is 4.98 Å². The van der Waals surface area contributed by atoms with Crippen LogP contribution in [-0.2, 0) is 6.42 Å². The van der Waals surface area contributed by atoms with Crippen LogP contribution in [0.25, 0.3) is 0 Å². The van der Waals surface area contributed by atoms with Crippen LogP contribution in [0.1, 0.15) is 34.5 Å². The first kappa shape index (κ1) is 16.3. The van der Waals surface area contributed by atoms with E-state index in [0.717, 1.165) is 43.2 Å². The topological polar surface area (TPSA) is 45.2 Å². The SMILES string of the molecule is O=C(c1cccnc1NCCc1ccc(Cl)s1)N1CCCCC1. The van der Waals surface area contributed by atoms with Crippen molar-refractivity contribution < 1.29 is 4.79 Å². The van der Waals surface area contributed by atoms with Crippen LogP contribution >= 0.6 is 22.9 Å². The second-order valence-electron chi connectivity index (χ2n) is 5.64. The standard InChI is InChI=1S/C17H20ClN3OS/c18-15-7-6-13(23-15)8-10-20-16-14(5-4-9-19-16)17(22)21-11-2-1-3-12-21/h4-7,9H,1-3,8,10-12H2,(H,19,20). The summed E-state index contributed by atoms with van der Waals surface area (Å²) in [6.07, 6.45) is 5.98. The van der Waals surface area contributed by atoms with Crippen molar-refractivity contribution in [2.75, 3.05) is 25.0 Å². The molecule has 0 unspecified atom stereocenters. The minimum Gasteiger partial charge on any atom is -0.369 e. The molecule has 1 aliphatic heterocycles. The van der Waals surface area contributed by atoms with E-state index in [-0.39, 0.29) is 5.91 Å². The van der Waals surface area contributed by atoms with Crippen LogP contribution in [0.3, 0.4) is 0 Å². The fraction of sp³-hybridized carbons (Fsp3) is 0.412. The summed E-state index contributed by atoms with van der Waals surface area (Å²) in [5, 5.41) is 3.30. The highest BCUT2D eigenvalue weighted by molar-refractivity contribution is 7.16. The van der Waals surface area contributed by atoms with E-state index >= 15 is 0 Å². The maximum Gasteiger partial charge on any atom is 0.257 e. The zero-order valence-corrected chi connectivity index (χ0v) is 14.5. The Morgan fingerprint density at radius 1 is 1.26 bits per heavy atom. The van der Waals surface area contributed by atoms with E-state index in [9.17, 15) is 4.79 Å². The number of aromatic nitrogens is 1.